The SMILES string of the molecule is NCCNCCNCCN1CCN(CCN)C1=O. The van der Waals surface area contributed by atoms with Crippen LogP contribution in [-0.4, -0.2) is 81.3 Å². The third kappa shape index (κ3) is 5.18. The van der Waals surface area contributed by atoms with E-state index in [1.54, 1.807) is 0 Å². The molecule has 18 heavy (non-hydrogen) atoms. The van der Waals surface area contributed by atoms with Crippen molar-refractivity contribution in [3.8, 4) is 0 Å². The van der Waals surface area contributed by atoms with Gasteiger partial charge in [0.15, 0.2) is 0 Å². The monoisotopic (exact) mass is 258 g/mol. The molecule has 106 valence electrons. The number of amides is 2. The first kappa shape index (κ1) is 15.2. The number of nitrogens with one attached hydrogen (secondary N) is 2. The van der Waals surface area contributed by atoms with Gasteiger partial charge in [-0.05, 0) is 0 Å². The molecule has 0 unspecified atom stereocenters. The molecule has 0 radical (unpaired) electrons. The van der Waals surface area contributed by atoms with Crippen LogP contribution in [0.15, 0.2) is 0 Å². The standard InChI is InChI=1S/C11H26N6O/c12-1-3-14-4-5-15-6-8-17-10-9-16(7-2-13)11(17)18/h14-15H,1-10,12-13H2. The van der Waals surface area contributed by atoms with E-state index in [0.717, 1.165) is 45.8 Å². The van der Waals surface area contributed by atoms with E-state index in [1.165, 1.54) is 0 Å². The van der Waals surface area contributed by atoms with Gasteiger partial charge in [-0.3, -0.25) is 0 Å². The van der Waals surface area contributed by atoms with Crippen molar-refractivity contribution in [1.82, 2.24) is 20.4 Å². The molecule has 1 rings (SSSR count). The Balaban J connectivity index is 2.01. The van der Waals surface area contributed by atoms with Crippen molar-refractivity contribution in [2.75, 3.05) is 65.4 Å². The highest BCUT2D eigenvalue weighted by atomic mass is 16.2. The number of rotatable bonds is 10. The second-order valence-corrected chi connectivity index (χ2v) is 4.33. The van der Waals surface area contributed by atoms with Crippen molar-refractivity contribution in [2.24, 2.45) is 11.5 Å². The maximum Gasteiger partial charge on any atom is 0.320 e. The maximum absolute atomic E-state index is 11.8. The average Bonchev–Trinajstić information content (AvgIpc) is 2.71. The predicted molar refractivity (Wildman–Crippen MR) is 72.4 cm³/mol. The Hall–Kier alpha value is -0.890. The van der Waals surface area contributed by atoms with Crippen LogP contribution in [0.1, 0.15) is 0 Å². The highest BCUT2D eigenvalue weighted by Crippen LogP contribution is 2.06. The third-order valence-electron chi connectivity index (χ3n) is 2.94. The van der Waals surface area contributed by atoms with Crippen LogP contribution in [0.4, 0.5) is 4.79 Å². The summed E-state index contributed by atoms with van der Waals surface area (Å²) in [6.45, 7) is 7.71. The Morgan fingerprint density at radius 2 is 1.50 bits per heavy atom. The number of urea groups is 1. The summed E-state index contributed by atoms with van der Waals surface area (Å²) in [6.07, 6.45) is 0. The van der Waals surface area contributed by atoms with Gasteiger partial charge in [-0.1, -0.05) is 0 Å². The minimum atomic E-state index is 0.114. The molecule has 2 amide bonds. The fourth-order valence-electron chi connectivity index (χ4n) is 1.95. The summed E-state index contributed by atoms with van der Waals surface area (Å²) in [5, 5.41) is 6.50. The number of carbonyl (C=O) groups excluding carboxylic acids is 1. The molecule has 1 aliphatic rings. The zero-order chi connectivity index (χ0) is 13.2. The summed E-state index contributed by atoms with van der Waals surface area (Å²) in [5.74, 6) is 0. The third-order valence-corrected chi connectivity index (χ3v) is 2.94. The molecular weight excluding hydrogens is 232 g/mol. The highest BCUT2D eigenvalue weighted by molar-refractivity contribution is 5.76. The smallest absolute Gasteiger partial charge is 0.320 e. The van der Waals surface area contributed by atoms with Crippen molar-refractivity contribution >= 4 is 6.03 Å². The predicted octanol–water partition coefficient (Wildman–Crippen LogP) is -2.18. The molecule has 1 saturated heterocycles. The van der Waals surface area contributed by atoms with Gasteiger partial charge in [0.25, 0.3) is 0 Å². The summed E-state index contributed by atoms with van der Waals surface area (Å²) in [4.78, 5) is 15.5. The largest absolute Gasteiger partial charge is 0.329 e. The molecule has 6 N–H and O–H groups in total. The van der Waals surface area contributed by atoms with Crippen molar-refractivity contribution in [2.45, 2.75) is 0 Å². The first-order chi connectivity index (χ1) is 8.79. The molecule has 0 spiro atoms. The first-order valence-electron chi connectivity index (χ1n) is 6.65. The first-order valence-corrected chi connectivity index (χ1v) is 6.65. The number of hydrogen-bond acceptors (Lipinski definition) is 5. The number of hydrogen-bond donors (Lipinski definition) is 4. The Kier molecular flexibility index (Phi) is 7.66. The van der Waals surface area contributed by atoms with Crippen LogP contribution in [0.5, 0.6) is 0 Å². The van der Waals surface area contributed by atoms with Gasteiger partial charge in [0.1, 0.15) is 0 Å². The highest BCUT2D eigenvalue weighted by Gasteiger charge is 2.26. The van der Waals surface area contributed by atoms with Crippen molar-refractivity contribution < 1.29 is 4.79 Å². The zero-order valence-corrected chi connectivity index (χ0v) is 11.0. The summed E-state index contributed by atoms with van der Waals surface area (Å²) in [7, 11) is 0. The van der Waals surface area contributed by atoms with E-state index in [1.807, 2.05) is 9.80 Å². The van der Waals surface area contributed by atoms with E-state index in [-0.39, 0.29) is 6.03 Å². The molecule has 1 fully saturated rings. The van der Waals surface area contributed by atoms with Crippen LogP contribution in [0.2, 0.25) is 0 Å². The van der Waals surface area contributed by atoms with Crippen molar-refractivity contribution in [3.05, 3.63) is 0 Å². The maximum atomic E-state index is 11.8. The van der Waals surface area contributed by atoms with Crippen molar-refractivity contribution in [3.63, 3.8) is 0 Å². The molecule has 0 atom stereocenters. The second-order valence-electron chi connectivity index (χ2n) is 4.33. The fraction of sp³-hybridized carbons (Fsp3) is 0.909. The summed E-state index contributed by atoms with van der Waals surface area (Å²) in [6, 6.07) is 0.114. The van der Waals surface area contributed by atoms with E-state index in [9.17, 15) is 4.79 Å². The van der Waals surface area contributed by atoms with E-state index in [4.69, 9.17) is 11.5 Å². The minimum absolute atomic E-state index is 0.114. The van der Waals surface area contributed by atoms with Gasteiger partial charge in [-0.15, -0.1) is 0 Å². The molecule has 0 aromatic heterocycles. The molecule has 7 heteroatoms. The lowest BCUT2D eigenvalue weighted by Crippen LogP contribution is -2.39. The number of nitrogens with two attached hydrogens (primary N) is 2. The molecule has 0 aromatic rings. The lowest BCUT2D eigenvalue weighted by atomic mass is 10.5. The second kappa shape index (κ2) is 9.09. The van der Waals surface area contributed by atoms with Crippen LogP contribution in [0, 0.1) is 0 Å². The van der Waals surface area contributed by atoms with Crippen LogP contribution < -0.4 is 22.1 Å². The quantitative estimate of drug-likeness (QED) is 0.334. The van der Waals surface area contributed by atoms with Gasteiger partial charge in [0, 0.05) is 65.4 Å². The van der Waals surface area contributed by atoms with E-state index in [2.05, 4.69) is 10.6 Å². The molecule has 0 aromatic carbocycles. The molecule has 0 aliphatic carbocycles. The summed E-state index contributed by atoms with van der Waals surface area (Å²) >= 11 is 0. The van der Waals surface area contributed by atoms with E-state index in [0.29, 0.717) is 19.6 Å². The normalized spacial score (nSPS) is 15.8. The Morgan fingerprint density at radius 1 is 0.889 bits per heavy atom. The van der Waals surface area contributed by atoms with Gasteiger partial charge in [-0.2, -0.15) is 0 Å². The van der Waals surface area contributed by atoms with Gasteiger partial charge in [0.2, 0.25) is 0 Å². The number of nitrogens with zero attached hydrogens (tertiary/aromatic N) is 2. The van der Waals surface area contributed by atoms with Gasteiger partial charge >= 0.3 is 6.03 Å². The Morgan fingerprint density at radius 3 is 2.11 bits per heavy atom. The molecule has 0 saturated carbocycles. The fourth-order valence-corrected chi connectivity index (χ4v) is 1.95. The van der Waals surface area contributed by atoms with Gasteiger partial charge < -0.3 is 31.9 Å². The van der Waals surface area contributed by atoms with Gasteiger partial charge in [-0.25, -0.2) is 4.79 Å². The Bertz CT molecular complexity index is 238. The van der Waals surface area contributed by atoms with Crippen LogP contribution in [0.25, 0.3) is 0 Å². The van der Waals surface area contributed by atoms with E-state index >= 15 is 0 Å². The molecule has 1 heterocycles. The van der Waals surface area contributed by atoms with Crippen LogP contribution >= 0.6 is 0 Å². The molecular formula is C11H26N6O. The lowest BCUT2D eigenvalue weighted by molar-refractivity contribution is 0.193. The number of carbonyl (C=O) groups is 1. The summed E-state index contributed by atoms with van der Waals surface area (Å²) < 4.78 is 0. The zero-order valence-electron chi connectivity index (χ0n) is 11.0. The Labute approximate surface area is 109 Å². The van der Waals surface area contributed by atoms with Gasteiger partial charge in [0.05, 0.1) is 0 Å². The van der Waals surface area contributed by atoms with Crippen LogP contribution in [-0.2, 0) is 0 Å². The minimum Gasteiger partial charge on any atom is -0.329 e. The average molecular weight is 258 g/mol. The molecule has 0 bridgehead atoms. The topological polar surface area (TPSA) is 99.7 Å². The molecule has 1 aliphatic heterocycles. The molecule has 7 nitrogen and oxygen atoms in total. The van der Waals surface area contributed by atoms with Crippen LogP contribution in [0.3, 0.4) is 0 Å². The summed E-state index contributed by atoms with van der Waals surface area (Å²) in [5.41, 5.74) is 10.8. The lowest BCUT2D eigenvalue weighted by Gasteiger charge is -2.18. The van der Waals surface area contributed by atoms with E-state index < -0.39 is 0 Å². The van der Waals surface area contributed by atoms with Crippen molar-refractivity contribution in [1.29, 1.82) is 0 Å².